The monoisotopic (exact) mass is 473 g/mol. The van der Waals surface area contributed by atoms with Crippen molar-refractivity contribution >= 4 is 41.3 Å². The van der Waals surface area contributed by atoms with E-state index < -0.39 is 4.92 Å². The van der Waals surface area contributed by atoms with Crippen LogP contribution in [-0.4, -0.2) is 31.0 Å². The topological polar surface area (TPSA) is 91.6 Å². The van der Waals surface area contributed by atoms with Crippen molar-refractivity contribution in [2.75, 3.05) is 25.5 Å². The maximum atomic E-state index is 13.1. The Kier molecular flexibility index (Phi) is 9.34. The van der Waals surface area contributed by atoms with E-state index in [0.717, 1.165) is 5.56 Å². The second-order valence-electron chi connectivity index (χ2n) is 5.18. The molecule has 0 fully saturated rings. The molecule has 0 aliphatic heterocycles. The minimum atomic E-state index is -0.421. The third-order valence-corrected chi connectivity index (χ3v) is 3.41. The maximum absolute atomic E-state index is 13.1. The van der Waals surface area contributed by atoms with Crippen LogP contribution in [0.2, 0.25) is 0 Å². The number of hydrogen-bond donors (Lipinski definition) is 3. The molecule has 7 nitrogen and oxygen atoms in total. The largest absolute Gasteiger partial charge is 0.378 e. The molecule has 0 aliphatic rings. The zero-order valence-electron chi connectivity index (χ0n) is 14.2. The van der Waals surface area contributed by atoms with E-state index >= 15 is 0 Å². The molecule has 0 bridgehead atoms. The van der Waals surface area contributed by atoms with Crippen molar-refractivity contribution < 1.29 is 9.31 Å². The summed E-state index contributed by atoms with van der Waals surface area (Å²) in [6.07, 6.45) is 0. The van der Waals surface area contributed by atoms with Gasteiger partial charge in [-0.1, -0.05) is 24.3 Å². The Hall–Kier alpha value is -2.43. The van der Waals surface area contributed by atoms with Gasteiger partial charge in [0, 0.05) is 32.7 Å². The molecule has 2 aromatic rings. The number of nitrogens with zero attached hydrogens (tertiary/aromatic N) is 2. The number of halogens is 2. The molecule has 2 aromatic carbocycles. The van der Waals surface area contributed by atoms with Gasteiger partial charge in [0.2, 0.25) is 0 Å². The average molecular weight is 473 g/mol. The first-order chi connectivity index (χ1) is 12.1. The van der Waals surface area contributed by atoms with Crippen LogP contribution in [0, 0.1) is 15.9 Å². The summed E-state index contributed by atoms with van der Waals surface area (Å²) in [5, 5.41) is 20.1. The first kappa shape index (κ1) is 21.6. The number of guanidine groups is 1. The van der Waals surface area contributed by atoms with Crippen LogP contribution in [0.1, 0.15) is 5.56 Å². The number of nitro benzene ring substituents is 1. The second kappa shape index (κ2) is 11.2. The molecule has 0 saturated heterocycles. The molecular formula is C17H21FIN5O2. The van der Waals surface area contributed by atoms with Crippen molar-refractivity contribution in [3.63, 3.8) is 0 Å². The van der Waals surface area contributed by atoms with E-state index in [1.165, 1.54) is 18.2 Å². The van der Waals surface area contributed by atoms with Gasteiger partial charge in [-0.3, -0.25) is 15.1 Å². The molecule has 0 atom stereocenters. The lowest BCUT2D eigenvalue weighted by molar-refractivity contribution is -0.384. The smallest absolute Gasteiger partial charge is 0.292 e. The van der Waals surface area contributed by atoms with Crippen molar-refractivity contribution in [3.8, 4) is 0 Å². The minimum Gasteiger partial charge on any atom is -0.378 e. The van der Waals surface area contributed by atoms with E-state index in [1.807, 2.05) is 6.07 Å². The normalized spacial score (nSPS) is 10.6. The second-order valence-corrected chi connectivity index (χ2v) is 5.18. The summed E-state index contributed by atoms with van der Waals surface area (Å²) in [5.41, 5.74) is 1.31. The Morgan fingerprint density at radius 1 is 1.15 bits per heavy atom. The van der Waals surface area contributed by atoms with Gasteiger partial charge in [-0.2, -0.15) is 0 Å². The first-order valence-corrected chi connectivity index (χ1v) is 7.76. The summed E-state index contributed by atoms with van der Waals surface area (Å²) in [6, 6.07) is 12.8. The van der Waals surface area contributed by atoms with Gasteiger partial charge in [0.15, 0.2) is 5.96 Å². The van der Waals surface area contributed by atoms with Crippen LogP contribution in [0.4, 0.5) is 15.8 Å². The lowest BCUT2D eigenvalue weighted by Gasteiger charge is -2.13. The van der Waals surface area contributed by atoms with Crippen molar-refractivity contribution in [2.45, 2.75) is 6.54 Å². The molecule has 0 unspecified atom stereocenters. The number of para-hydroxylation sites is 2. The summed E-state index contributed by atoms with van der Waals surface area (Å²) >= 11 is 0. The van der Waals surface area contributed by atoms with Gasteiger partial charge in [-0.05, 0) is 23.8 Å². The molecule has 9 heteroatoms. The van der Waals surface area contributed by atoms with Crippen LogP contribution in [0.15, 0.2) is 53.5 Å². The minimum absolute atomic E-state index is 0. The highest BCUT2D eigenvalue weighted by Gasteiger charge is 2.11. The van der Waals surface area contributed by atoms with Crippen molar-refractivity contribution in [1.29, 1.82) is 0 Å². The fraction of sp³-hybridized carbons (Fsp3) is 0.235. The first-order valence-electron chi connectivity index (χ1n) is 7.76. The van der Waals surface area contributed by atoms with Crippen molar-refractivity contribution in [3.05, 3.63) is 70.0 Å². The van der Waals surface area contributed by atoms with E-state index in [1.54, 1.807) is 31.3 Å². The quantitative estimate of drug-likeness (QED) is 0.144. The summed E-state index contributed by atoms with van der Waals surface area (Å²) in [5.74, 6) is 0.282. The van der Waals surface area contributed by atoms with Gasteiger partial charge in [0.25, 0.3) is 5.69 Å². The number of hydrogen-bond acceptors (Lipinski definition) is 4. The predicted molar refractivity (Wildman–Crippen MR) is 112 cm³/mol. The van der Waals surface area contributed by atoms with Gasteiger partial charge in [-0.15, -0.1) is 24.0 Å². The summed E-state index contributed by atoms with van der Waals surface area (Å²) in [4.78, 5) is 14.6. The van der Waals surface area contributed by atoms with E-state index in [9.17, 15) is 14.5 Å². The van der Waals surface area contributed by atoms with E-state index in [4.69, 9.17) is 0 Å². The predicted octanol–water partition coefficient (Wildman–Crippen LogP) is 3.13. The zero-order chi connectivity index (χ0) is 18.1. The molecule has 0 radical (unpaired) electrons. The van der Waals surface area contributed by atoms with Crippen LogP contribution in [-0.2, 0) is 6.54 Å². The summed E-state index contributed by atoms with van der Waals surface area (Å²) < 4.78 is 13.1. The lowest BCUT2D eigenvalue weighted by atomic mass is 10.2. The van der Waals surface area contributed by atoms with Gasteiger partial charge in [0.1, 0.15) is 11.5 Å². The fourth-order valence-electron chi connectivity index (χ4n) is 2.21. The van der Waals surface area contributed by atoms with E-state index in [-0.39, 0.29) is 35.5 Å². The number of rotatable bonds is 7. The Morgan fingerprint density at radius 2 is 1.92 bits per heavy atom. The van der Waals surface area contributed by atoms with Crippen LogP contribution in [0.3, 0.4) is 0 Å². The Bertz CT molecular complexity index is 757. The molecule has 0 aromatic heterocycles. The van der Waals surface area contributed by atoms with Gasteiger partial charge in [0.05, 0.1) is 4.92 Å². The van der Waals surface area contributed by atoms with E-state index in [2.05, 4.69) is 20.9 Å². The number of aliphatic imine (C=N–C) groups is 1. The molecular weight excluding hydrogens is 452 g/mol. The number of nitro groups is 1. The molecule has 140 valence electrons. The zero-order valence-corrected chi connectivity index (χ0v) is 16.6. The van der Waals surface area contributed by atoms with Crippen molar-refractivity contribution in [2.24, 2.45) is 4.99 Å². The Balaban J connectivity index is 0.00000338. The van der Waals surface area contributed by atoms with Crippen LogP contribution < -0.4 is 16.0 Å². The summed E-state index contributed by atoms with van der Waals surface area (Å²) in [6.45, 7) is 1.43. The Labute approximate surface area is 168 Å². The number of benzene rings is 2. The molecule has 0 spiro atoms. The Morgan fingerprint density at radius 3 is 2.62 bits per heavy atom. The third kappa shape index (κ3) is 6.82. The molecule has 0 heterocycles. The highest BCUT2D eigenvalue weighted by atomic mass is 127. The van der Waals surface area contributed by atoms with E-state index in [0.29, 0.717) is 31.3 Å². The highest BCUT2D eigenvalue weighted by Crippen LogP contribution is 2.22. The molecule has 2 rings (SSSR count). The van der Waals surface area contributed by atoms with Crippen LogP contribution in [0.5, 0.6) is 0 Å². The summed E-state index contributed by atoms with van der Waals surface area (Å²) in [7, 11) is 1.64. The van der Waals surface area contributed by atoms with Crippen molar-refractivity contribution in [1.82, 2.24) is 10.6 Å². The lowest BCUT2D eigenvalue weighted by Crippen LogP contribution is -2.39. The van der Waals surface area contributed by atoms with Gasteiger partial charge < -0.3 is 16.0 Å². The van der Waals surface area contributed by atoms with Gasteiger partial charge >= 0.3 is 0 Å². The number of nitrogens with one attached hydrogen (secondary N) is 3. The standard InChI is InChI=1S/C17H20FN5O2.HI/c1-19-17(22-12-13-5-4-6-14(18)11-13)21-10-9-20-15-7-2-3-8-16(15)23(24)25;/h2-8,11,20H,9-10,12H2,1H3,(H2,19,21,22);1H. The fourth-order valence-corrected chi connectivity index (χ4v) is 2.21. The third-order valence-electron chi connectivity index (χ3n) is 3.41. The molecule has 0 amide bonds. The van der Waals surface area contributed by atoms with Gasteiger partial charge in [-0.25, -0.2) is 4.39 Å². The molecule has 26 heavy (non-hydrogen) atoms. The van der Waals surface area contributed by atoms with Crippen LogP contribution >= 0.6 is 24.0 Å². The highest BCUT2D eigenvalue weighted by molar-refractivity contribution is 14.0. The molecule has 0 saturated carbocycles. The molecule has 3 N–H and O–H groups in total. The van der Waals surface area contributed by atoms with Crippen LogP contribution in [0.25, 0.3) is 0 Å². The number of anilines is 1. The molecule has 0 aliphatic carbocycles. The SMILES string of the molecule is CN=C(NCCNc1ccccc1[N+](=O)[O-])NCc1cccc(F)c1.I. The average Bonchev–Trinajstić information content (AvgIpc) is 2.61. The maximum Gasteiger partial charge on any atom is 0.292 e.